The Morgan fingerprint density at radius 1 is 1.33 bits per heavy atom. The van der Waals surface area contributed by atoms with Crippen LogP contribution in [0.5, 0.6) is 0 Å². The number of hydrogen-bond acceptors (Lipinski definition) is 4. The zero-order valence-electron chi connectivity index (χ0n) is 14.4. The molecule has 1 aromatic heterocycles. The van der Waals surface area contributed by atoms with E-state index in [1.807, 2.05) is 36.1 Å². The van der Waals surface area contributed by atoms with Crippen molar-refractivity contribution in [2.45, 2.75) is 38.8 Å². The van der Waals surface area contributed by atoms with E-state index in [2.05, 4.69) is 0 Å². The van der Waals surface area contributed by atoms with Gasteiger partial charge in [-0.1, -0.05) is 18.2 Å². The minimum absolute atomic E-state index is 0.0531. The van der Waals surface area contributed by atoms with Gasteiger partial charge < -0.3 is 18.8 Å². The molecule has 1 amide bonds. The zero-order valence-corrected chi connectivity index (χ0v) is 14.4. The van der Waals surface area contributed by atoms with Crippen LogP contribution in [0.3, 0.4) is 0 Å². The molecule has 2 heterocycles. The van der Waals surface area contributed by atoms with Crippen molar-refractivity contribution in [3.8, 4) is 0 Å². The molecule has 0 bridgehead atoms. The number of piperidine rings is 1. The van der Waals surface area contributed by atoms with E-state index in [1.165, 1.54) is 0 Å². The number of nitrogens with zero attached hydrogens (tertiary/aromatic N) is 1. The van der Waals surface area contributed by atoms with Gasteiger partial charge in [0.2, 0.25) is 0 Å². The van der Waals surface area contributed by atoms with Gasteiger partial charge in [-0.15, -0.1) is 0 Å². The van der Waals surface area contributed by atoms with E-state index in [0.29, 0.717) is 25.6 Å². The number of benzene rings is 1. The lowest BCUT2D eigenvalue weighted by Crippen LogP contribution is -2.46. The van der Waals surface area contributed by atoms with Crippen LogP contribution in [0.2, 0.25) is 0 Å². The Morgan fingerprint density at radius 2 is 2.17 bits per heavy atom. The minimum atomic E-state index is -0.0531. The van der Waals surface area contributed by atoms with Crippen LogP contribution in [0.25, 0.3) is 11.0 Å². The lowest BCUT2D eigenvalue weighted by atomic mass is 10.0. The topological polar surface area (TPSA) is 51.9 Å². The van der Waals surface area contributed by atoms with E-state index in [-0.39, 0.29) is 11.9 Å². The highest BCUT2D eigenvalue weighted by Gasteiger charge is 2.31. The summed E-state index contributed by atoms with van der Waals surface area (Å²) in [5, 5.41) is 0.945. The third-order valence-corrected chi connectivity index (χ3v) is 4.58. The van der Waals surface area contributed by atoms with Crippen LogP contribution in [-0.2, 0) is 16.1 Å². The van der Waals surface area contributed by atoms with Crippen molar-refractivity contribution in [3.63, 3.8) is 0 Å². The summed E-state index contributed by atoms with van der Waals surface area (Å²) in [4.78, 5) is 15.1. The molecular formula is C19H25NO4. The summed E-state index contributed by atoms with van der Waals surface area (Å²) in [6.07, 6.45) is 3.13. The molecule has 3 rings (SSSR count). The van der Waals surface area contributed by atoms with Crippen LogP contribution < -0.4 is 0 Å². The summed E-state index contributed by atoms with van der Waals surface area (Å²) >= 11 is 0. The second kappa shape index (κ2) is 7.81. The highest BCUT2D eigenvalue weighted by atomic mass is 16.5. The normalized spacial score (nSPS) is 18.2. The number of ether oxygens (including phenoxy) is 2. The van der Waals surface area contributed by atoms with Crippen LogP contribution in [0, 0.1) is 0 Å². The Morgan fingerprint density at radius 3 is 2.96 bits per heavy atom. The average molecular weight is 331 g/mol. The first-order valence-electron chi connectivity index (χ1n) is 8.64. The summed E-state index contributed by atoms with van der Waals surface area (Å²) in [5.41, 5.74) is 1.56. The van der Waals surface area contributed by atoms with Gasteiger partial charge in [0.05, 0.1) is 19.3 Å². The first kappa shape index (κ1) is 17.0. The lowest BCUT2D eigenvalue weighted by molar-refractivity contribution is 0.0318. The number of hydrogen-bond donors (Lipinski definition) is 0. The van der Waals surface area contributed by atoms with E-state index >= 15 is 0 Å². The molecule has 1 aliphatic rings. The van der Waals surface area contributed by atoms with Gasteiger partial charge in [0.15, 0.2) is 5.76 Å². The number of likely N-dealkylation sites (tertiary alicyclic amines) is 1. The first-order chi connectivity index (χ1) is 11.8. The standard InChI is InChI=1S/C19H25NO4/c1-3-23-12-14-8-6-7-11-20(14)19(21)18-16(13-22-2)15-9-4-5-10-17(15)24-18/h4-5,9-10,14H,3,6-8,11-13H2,1-2H3/t14-/m0/s1. The monoisotopic (exact) mass is 331 g/mol. The molecule has 24 heavy (non-hydrogen) atoms. The van der Waals surface area contributed by atoms with Gasteiger partial charge in [-0.3, -0.25) is 4.79 Å². The summed E-state index contributed by atoms with van der Waals surface area (Å²) in [5.74, 6) is 0.351. The predicted octanol–water partition coefficient (Wildman–Crippen LogP) is 3.61. The quantitative estimate of drug-likeness (QED) is 0.811. The number of carbonyl (C=O) groups excluding carboxylic acids is 1. The first-order valence-corrected chi connectivity index (χ1v) is 8.64. The van der Waals surface area contributed by atoms with Crippen molar-refractivity contribution in [1.29, 1.82) is 0 Å². The van der Waals surface area contributed by atoms with Gasteiger partial charge in [-0.2, -0.15) is 0 Å². The van der Waals surface area contributed by atoms with Crippen molar-refractivity contribution >= 4 is 16.9 Å². The molecule has 0 spiro atoms. The molecule has 2 aromatic rings. The molecule has 1 aliphatic heterocycles. The second-order valence-electron chi connectivity index (χ2n) is 6.15. The van der Waals surface area contributed by atoms with Crippen LogP contribution >= 0.6 is 0 Å². The number of furan rings is 1. The maximum Gasteiger partial charge on any atom is 0.290 e. The maximum absolute atomic E-state index is 13.2. The molecule has 1 atom stereocenters. The minimum Gasteiger partial charge on any atom is -0.451 e. The van der Waals surface area contributed by atoms with Crippen molar-refractivity contribution in [2.75, 3.05) is 26.9 Å². The summed E-state index contributed by atoms with van der Waals surface area (Å²) < 4.78 is 16.8. The molecule has 0 radical (unpaired) electrons. The average Bonchev–Trinajstić information content (AvgIpc) is 2.99. The van der Waals surface area contributed by atoms with Crippen molar-refractivity contribution < 1.29 is 18.7 Å². The van der Waals surface area contributed by atoms with E-state index < -0.39 is 0 Å². The van der Waals surface area contributed by atoms with Gasteiger partial charge in [0, 0.05) is 31.2 Å². The number of fused-ring (bicyclic) bond motifs is 1. The fraction of sp³-hybridized carbons (Fsp3) is 0.526. The number of methoxy groups -OCH3 is 1. The maximum atomic E-state index is 13.2. The molecule has 1 saturated heterocycles. The molecule has 0 unspecified atom stereocenters. The van der Waals surface area contributed by atoms with Gasteiger partial charge in [0.1, 0.15) is 5.58 Å². The molecule has 1 aromatic carbocycles. The van der Waals surface area contributed by atoms with Crippen molar-refractivity contribution in [1.82, 2.24) is 4.90 Å². The molecule has 5 nitrogen and oxygen atoms in total. The van der Waals surface area contributed by atoms with Crippen LogP contribution in [0.15, 0.2) is 28.7 Å². The fourth-order valence-corrected chi connectivity index (χ4v) is 3.38. The van der Waals surface area contributed by atoms with Crippen LogP contribution in [0.4, 0.5) is 0 Å². The number of rotatable bonds is 6. The smallest absolute Gasteiger partial charge is 0.290 e. The van der Waals surface area contributed by atoms with Crippen molar-refractivity contribution in [3.05, 3.63) is 35.6 Å². The predicted molar refractivity (Wildman–Crippen MR) is 92.1 cm³/mol. The molecule has 0 N–H and O–H groups in total. The zero-order chi connectivity index (χ0) is 16.9. The number of carbonyl (C=O) groups is 1. The van der Waals surface area contributed by atoms with Crippen LogP contribution in [-0.4, -0.2) is 43.7 Å². The molecule has 5 heteroatoms. The molecule has 1 fully saturated rings. The van der Waals surface area contributed by atoms with Gasteiger partial charge in [0.25, 0.3) is 5.91 Å². The van der Waals surface area contributed by atoms with Crippen LogP contribution in [0.1, 0.15) is 42.3 Å². The summed E-state index contributed by atoms with van der Waals surface area (Å²) in [6, 6.07) is 7.84. The second-order valence-corrected chi connectivity index (χ2v) is 6.15. The number of para-hydroxylation sites is 1. The lowest BCUT2D eigenvalue weighted by Gasteiger charge is -2.35. The number of amides is 1. The third kappa shape index (κ3) is 3.32. The molecule has 130 valence electrons. The fourth-order valence-electron chi connectivity index (χ4n) is 3.38. The Balaban J connectivity index is 1.93. The van der Waals surface area contributed by atoms with Crippen molar-refractivity contribution in [2.24, 2.45) is 0 Å². The summed E-state index contributed by atoms with van der Waals surface area (Å²) in [6.45, 7) is 4.34. The molecule has 0 aliphatic carbocycles. The van der Waals surface area contributed by atoms with Gasteiger partial charge in [-0.05, 0) is 32.3 Å². The highest BCUT2D eigenvalue weighted by Crippen LogP contribution is 2.29. The van der Waals surface area contributed by atoms with Gasteiger partial charge >= 0.3 is 0 Å². The van der Waals surface area contributed by atoms with E-state index in [1.54, 1.807) is 7.11 Å². The van der Waals surface area contributed by atoms with E-state index in [4.69, 9.17) is 13.9 Å². The van der Waals surface area contributed by atoms with E-state index in [9.17, 15) is 4.79 Å². The molecular weight excluding hydrogens is 306 g/mol. The largest absolute Gasteiger partial charge is 0.451 e. The Hall–Kier alpha value is -1.85. The van der Waals surface area contributed by atoms with Gasteiger partial charge in [-0.25, -0.2) is 0 Å². The third-order valence-electron chi connectivity index (χ3n) is 4.58. The molecule has 0 saturated carbocycles. The Labute approximate surface area is 142 Å². The Kier molecular flexibility index (Phi) is 5.53. The Bertz CT molecular complexity index is 694. The summed E-state index contributed by atoms with van der Waals surface area (Å²) in [7, 11) is 1.63. The highest BCUT2D eigenvalue weighted by molar-refractivity contribution is 5.99. The van der Waals surface area contributed by atoms with E-state index in [0.717, 1.165) is 42.3 Å². The SMILES string of the molecule is CCOC[C@@H]1CCCCN1C(=O)c1oc2ccccc2c1COC.